The summed E-state index contributed by atoms with van der Waals surface area (Å²) in [4.78, 5) is 12.6. The van der Waals surface area contributed by atoms with Crippen LogP contribution < -0.4 is 4.90 Å². The molecule has 0 aromatic heterocycles. The van der Waals surface area contributed by atoms with Gasteiger partial charge < -0.3 is 4.90 Å². The first-order valence-electron chi connectivity index (χ1n) is 6.49. The summed E-state index contributed by atoms with van der Waals surface area (Å²) in [5.41, 5.74) is 0.966. The highest BCUT2D eigenvalue weighted by molar-refractivity contribution is 6.33. The Bertz CT molecular complexity index is 528. The molecule has 19 heavy (non-hydrogen) atoms. The molecular formula is C14H15ClN2O2. The van der Waals surface area contributed by atoms with Crippen LogP contribution >= 0.6 is 11.6 Å². The fraction of sp³-hybridized carbons (Fsp3) is 0.429. The normalized spacial score (nSPS) is 25.4. The van der Waals surface area contributed by atoms with E-state index in [0.717, 1.165) is 31.6 Å². The quantitative estimate of drug-likeness (QED) is 0.471. The summed E-state index contributed by atoms with van der Waals surface area (Å²) in [5.74, 6) is 1.38. The first kappa shape index (κ1) is 12.5. The Balaban J connectivity index is 1.82. The number of halogens is 1. The van der Waals surface area contributed by atoms with E-state index < -0.39 is 4.92 Å². The molecule has 2 unspecified atom stereocenters. The number of fused-ring (bicyclic) bond motifs is 1. The lowest BCUT2D eigenvalue weighted by atomic mass is 9.86. The molecule has 1 fully saturated rings. The molecule has 1 saturated heterocycles. The van der Waals surface area contributed by atoms with Crippen LogP contribution in [-0.2, 0) is 0 Å². The van der Waals surface area contributed by atoms with Gasteiger partial charge in [0.1, 0.15) is 0 Å². The van der Waals surface area contributed by atoms with Crippen LogP contribution in [0, 0.1) is 22.0 Å². The molecule has 2 atom stereocenters. The van der Waals surface area contributed by atoms with Gasteiger partial charge in [0.2, 0.25) is 0 Å². The zero-order valence-electron chi connectivity index (χ0n) is 10.5. The van der Waals surface area contributed by atoms with Crippen LogP contribution in [0.1, 0.15) is 12.8 Å². The monoisotopic (exact) mass is 278 g/mol. The fourth-order valence-electron chi connectivity index (χ4n) is 3.08. The van der Waals surface area contributed by atoms with Gasteiger partial charge in [0, 0.05) is 25.2 Å². The maximum absolute atomic E-state index is 10.7. The highest BCUT2D eigenvalue weighted by Gasteiger charge is 2.33. The number of hydrogen-bond donors (Lipinski definition) is 0. The maximum atomic E-state index is 10.7. The van der Waals surface area contributed by atoms with Gasteiger partial charge in [-0.1, -0.05) is 23.8 Å². The molecule has 0 saturated carbocycles. The number of rotatable bonds is 2. The van der Waals surface area contributed by atoms with Crippen molar-refractivity contribution in [2.24, 2.45) is 11.8 Å². The second-order valence-corrected chi connectivity index (χ2v) is 5.67. The van der Waals surface area contributed by atoms with Gasteiger partial charge in [0.25, 0.3) is 5.69 Å². The predicted molar refractivity (Wildman–Crippen MR) is 75.7 cm³/mol. The Morgan fingerprint density at radius 1 is 1.21 bits per heavy atom. The molecule has 1 aromatic carbocycles. The smallest absolute Gasteiger partial charge is 0.271 e. The second-order valence-electron chi connectivity index (χ2n) is 5.26. The van der Waals surface area contributed by atoms with Gasteiger partial charge in [-0.15, -0.1) is 0 Å². The summed E-state index contributed by atoms with van der Waals surface area (Å²) in [7, 11) is 0. The van der Waals surface area contributed by atoms with E-state index in [4.69, 9.17) is 11.6 Å². The average Bonchev–Trinajstić information content (AvgIpc) is 2.81. The van der Waals surface area contributed by atoms with Crippen molar-refractivity contribution in [2.45, 2.75) is 12.8 Å². The molecule has 4 nitrogen and oxygen atoms in total. The van der Waals surface area contributed by atoms with Crippen LogP contribution in [0.4, 0.5) is 11.4 Å². The summed E-state index contributed by atoms with van der Waals surface area (Å²) in [6, 6.07) is 4.74. The number of hydrogen-bond acceptors (Lipinski definition) is 3. The Labute approximate surface area is 116 Å². The number of anilines is 1. The lowest BCUT2D eigenvalue weighted by molar-refractivity contribution is -0.384. The van der Waals surface area contributed by atoms with Crippen molar-refractivity contribution in [1.29, 1.82) is 0 Å². The minimum atomic E-state index is -0.413. The number of benzene rings is 1. The maximum Gasteiger partial charge on any atom is 0.271 e. The van der Waals surface area contributed by atoms with E-state index in [2.05, 4.69) is 17.1 Å². The molecule has 0 radical (unpaired) electrons. The summed E-state index contributed by atoms with van der Waals surface area (Å²) < 4.78 is 0. The second kappa shape index (κ2) is 4.85. The van der Waals surface area contributed by atoms with E-state index in [1.165, 1.54) is 12.1 Å². The molecule has 1 aliphatic carbocycles. The number of nitro groups is 1. The average molecular weight is 279 g/mol. The molecule has 0 spiro atoms. The van der Waals surface area contributed by atoms with Crippen molar-refractivity contribution in [3.05, 3.63) is 45.5 Å². The summed E-state index contributed by atoms with van der Waals surface area (Å²) in [6.07, 6.45) is 6.77. The van der Waals surface area contributed by atoms with Gasteiger partial charge in [-0.3, -0.25) is 10.1 Å². The van der Waals surface area contributed by atoms with Crippen LogP contribution in [0.2, 0.25) is 5.02 Å². The Morgan fingerprint density at radius 3 is 2.37 bits per heavy atom. The first-order valence-corrected chi connectivity index (χ1v) is 6.87. The molecule has 1 heterocycles. The van der Waals surface area contributed by atoms with Crippen LogP contribution in [0.5, 0.6) is 0 Å². The van der Waals surface area contributed by atoms with Crippen LogP contribution in [-0.4, -0.2) is 18.0 Å². The van der Waals surface area contributed by atoms with Crippen molar-refractivity contribution < 1.29 is 4.92 Å². The van der Waals surface area contributed by atoms with Gasteiger partial charge in [-0.25, -0.2) is 0 Å². The van der Waals surface area contributed by atoms with Crippen LogP contribution in [0.3, 0.4) is 0 Å². The van der Waals surface area contributed by atoms with E-state index in [-0.39, 0.29) is 5.69 Å². The summed E-state index contributed by atoms with van der Waals surface area (Å²) >= 11 is 6.19. The number of nitro benzene ring substituents is 1. The topological polar surface area (TPSA) is 46.4 Å². The minimum Gasteiger partial charge on any atom is -0.370 e. The molecule has 100 valence electrons. The molecule has 1 aromatic rings. The third-order valence-corrected chi connectivity index (χ3v) is 4.41. The van der Waals surface area contributed by atoms with Crippen molar-refractivity contribution >= 4 is 23.0 Å². The number of non-ortho nitro benzene ring substituents is 1. The zero-order valence-corrected chi connectivity index (χ0v) is 11.2. The van der Waals surface area contributed by atoms with E-state index >= 15 is 0 Å². The lowest BCUT2D eigenvalue weighted by Gasteiger charge is -2.19. The van der Waals surface area contributed by atoms with Crippen molar-refractivity contribution in [3.63, 3.8) is 0 Å². The van der Waals surface area contributed by atoms with E-state index in [1.807, 2.05) is 0 Å². The Hall–Kier alpha value is -1.55. The van der Waals surface area contributed by atoms with Crippen molar-refractivity contribution in [1.82, 2.24) is 0 Å². The van der Waals surface area contributed by atoms with Gasteiger partial charge >= 0.3 is 0 Å². The molecule has 0 amide bonds. The first-order chi connectivity index (χ1) is 9.15. The van der Waals surface area contributed by atoms with Crippen molar-refractivity contribution in [3.8, 4) is 0 Å². The third-order valence-electron chi connectivity index (χ3n) is 4.10. The summed E-state index contributed by atoms with van der Waals surface area (Å²) in [5, 5.41) is 11.2. The molecule has 1 aliphatic heterocycles. The van der Waals surface area contributed by atoms with Crippen molar-refractivity contribution in [2.75, 3.05) is 18.0 Å². The van der Waals surface area contributed by atoms with E-state index in [9.17, 15) is 10.1 Å². The van der Waals surface area contributed by atoms with Crippen LogP contribution in [0.15, 0.2) is 30.4 Å². The van der Waals surface area contributed by atoms with Gasteiger partial charge in [0.15, 0.2) is 0 Å². The highest BCUT2D eigenvalue weighted by atomic mass is 35.5. The summed E-state index contributed by atoms with van der Waals surface area (Å²) in [6.45, 7) is 1.99. The SMILES string of the molecule is O=[N+]([O-])c1ccc(N2CC3CC=CCC3C2)c(Cl)c1. The number of allylic oxidation sites excluding steroid dienone is 2. The molecule has 5 heteroatoms. The Morgan fingerprint density at radius 2 is 1.84 bits per heavy atom. The standard InChI is InChI=1S/C14H15ClN2O2/c15-13-7-12(17(18)19)5-6-14(13)16-8-10-3-1-2-4-11(10)9-16/h1-2,5-7,10-11H,3-4,8-9H2. The number of nitrogens with zero attached hydrogens (tertiary/aromatic N) is 2. The third kappa shape index (κ3) is 2.32. The van der Waals surface area contributed by atoms with Crippen LogP contribution in [0.25, 0.3) is 0 Å². The molecule has 0 N–H and O–H groups in total. The Kier molecular flexibility index (Phi) is 3.19. The van der Waals surface area contributed by atoms with Gasteiger partial charge in [-0.2, -0.15) is 0 Å². The molecular weight excluding hydrogens is 264 g/mol. The van der Waals surface area contributed by atoms with E-state index in [0.29, 0.717) is 16.9 Å². The van der Waals surface area contributed by atoms with E-state index in [1.54, 1.807) is 6.07 Å². The molecule has 2 aliphatic rings. The molecule has 3 rings (SSSR count). The zero-order chi connectivity index (χ0) is 13.4. The highest BCUT2D eigenvalue weighted by Crippen LogP contribution is 2.38. The van der Waals surface area contributed by atoms with Gasteiger partial charge in [-0.05, 0) is 30.7 Å². The largest absolute Gasteiger partial charge is 0.370 e. The molecule has 0 bridgehead atoms. The lowest BCUT2D eigenvalue weighted by Crippen LogP contribution is -2.20. The minimum absolute atomic E-state index is 0.0482. The van der Waals surface area contributed by atoms with Gasteiger partial charge in [0.05, 0.1) is 15.6 Å². The predicted octanol–water partition coefficient (Wildman–Crippen LogP) is 3.65. The fourth-order valence-corrected chi connectivity index (χ4v) is 3.37.